The van der Waals surface area contributed by atoms with Crippen LogP contribution in [0.5, 0.6) is 0 Å². The summed E-state index contributed by atoms with van der Waals surface area (Å²) < 4.78 is 0. The van der Waals surface area contributed by atoms with E-state index >= 15 is 0 Å². The maximum absolute atomic E-state index is 11.2. The lowest BCUT2D eigenvalue weighted by Gasteiger charge is -2.10. The Morgan fingerprint density at radius 2 is 0.714 bits per heavy atom. The SMILES string of the molecule is O=[N+]([O-])c1ccc(-c2ccc3ccc4ccc(-c5cccc(-c6ccc7ccc8ccc(-c9ccccc9)nc8c7n6)c5)nc4c3n2)cc1. The Kier molecular flexibility index (Phi) is 6.62. The van der Waals surface area contributed by atoms with Gasteiger partial charge in [0.05, 0.1) is 49.8 Å². The minimum absolute atomic E-state index is 0.0460. The van der Waals surface area contributed by atoms with E-state index in [1.807, 2.05) is 48.5 Å². The number of nitro groups is 1. The fourth-order valence-corrected chi connectivity index (χ4v) is 6.38. The average molecular weight is 632 g/mol. The van der Waals surface area contributed by atoms with Crippen LogP contribution in [-0.4, -0.2) is 24.9 Å². The normalized spacial score (nSPS) is 11.4. The van der Waals surface area contributed by atoms with Crippen LogP contribution in [0.15, 0.2) is 152 Å². The molecule has 49 heavy (non-hydrogen) atoms. The molecule has 0 fully saturated rings. The minimum Gasteiger partial charge on any atom is -0.258 e. The molecule has 9 rings (SSSR count). The van der Waals surface area contributed by atoms with Crippen molar-refractivity contribution in [2.24, 2.45) is 0 Å². The smallest absolute Gasteiger partial charge is 0.258 e. The monoisotopic (exact) mass is 631 g/mol. The first-order valence-electron chi connectivity index (χ1n) is 15.9. The largest absolute Gasteiger partial charge is 0.269 e. The van der Waals surface area contributed by atoms with Gasteiger partial charge in [-0.05, 0) is 42.5 Å². The molecule has 5 aromatic carbocycles. The number of benzene rings is 5. The standard InChI is InChI=1S/C42H25N5O2/c48-47(49)34-19-13-27(14-20-34)36-22-16-29-10-12-31-18-24-38(46-42(31)40(29)44-36)33-8-4-7-32(25-33)37-23-17-30-11-9-28-15-21-35(26-5-2-1-3-6-26)43-39(28)41(30)45-37/h1-25H. The molecule has 0 saturated carbocycles. The van der Waals surface area contributed by atoms with Gasteiger partial charge in [-0.2, -0.15) is 0 Å². The second-order valence-corrected chi connectivity index (χ2v) is 12.0. The molecule has 4 aromatic heterocycles. The highest BCUT2D eigenvalue weighted by Gasteiger charge is 2.13. The summed E-state index contributed by atoms with van der Waals surface area (Å²) in [6.07, 6.45) is 0. The van der Waals surface area contributed by atoms with Crippen LogP contribution < -0.4 is 0 Å². The quantitative estimate of drug-likeness (QED) is 0.107. The van der Waals surface area contributed by atoms with Crippen molar-refractivity contribution < 1.29 is 4.92 Å². The summed E-state index contributed by atoms with van der Waals surface area (Å²) in [4.78, 5) is 31.1. The molecule has 0 N–H and O–H groups in total. The van der Waals surface area contributed by atoms with Crippen molar-refractivity contribution in [3.8, 4) is 45.0 Å². The van der Waals surface area contributed by atoms with Gasteiger partial charge in [-0.15, -0.1) is 0 Å². The molecule has 7 heteroatoms. The molecule has 0 amide bonds. The molecule has 0 aliphatic carbocycles. The van der Waals surface area contributed by atoms with E-state index in [2.05, 4.69) is 78.9 Å². The predicted molar refractivity (Wildman–Crippen MR) is 196 cm³/mol. The van der Waals surface area contributed by atoms with Gasteiger partial charge in [-0.25, -0.2) is 19.9 Å². The van der Waals surface area contributed by atoms with Crippen molar-refractivity contribution in [3.05, 3.63) is 162 Å². The first-order chi connectivity index (χ1) is 24.1. The first-order valence-corrected chi connectivity index (χ1v) is 15.9. The fraction of sp³-hybridized carbons (Fsp3) is 0. The highest BCUT2D eigenvalue weighted by molar-refractivity contribution is 6.05. The molecule has 0 saturated heterocycles. The van der Waals surface area contributed by atoms with E-state index in [9.17, 15) is 10.1 Å². The topological polar surface area (TPSA) is 94.7 Å². The van der Waals surface area contributed by atoms with Crippen LogP contribution in [0.3, 0.4) is 0 Å². The van der Waals surface area contributed by atoms with Crippen LogP contribution in [0.1, 0.15) is 0 Å². The summed E-state index contributed by atoms with van der Waals surface area (Å²) in [5, 5.41) is 15.2. The Morgan fingerprint density at radius 1 is 0.367 bits per heavy atom. The van der Waals surface area contributed by atoms with Crippen LogP contribution in [-0.2, 0) is 0 Å². The molecule has 0 aliphatic rings. The Balaban J connectivity index is 1.12. The molecule has 0 unspecified atom stereocenters. The molecule has 4 heterocycles. The Labute approximate surface area is 280 Å². The third-order valence-corrected chi connectivity index (χ3v) is 8.94. The predicted octanol–water partition coefficient (Wildman–Crippen LogP) is 10.5. The number of fused-ring (bicyclic) bond motifs is 6. The zero-order chi connectivity index (χ0) is 32.9. The number of pyridine rings is 4. The number of hydrogen-bond donors (Lipinski definition) is 0. The van der Waals surface area contributed by atoms with Crippen LogP contribution in [0, 0.1) is 10.1 Å². The van der Waals surface area contributed by atoms with E-state index in [4.69, 9.17) is 19.9 Å². The van der Waals surface area contributed by atoms with Gasteiger partial charge in [0.15, 0.2) is 0 Å². The van der Waals surface area contributed by atoms with Crippen molar-refractivity contribution in [1.82, 2.24) is 19.9 Å². The lowest BCUT2D eigenvalue weighted by molar-refractivity contribution is -0.384. The summed E-state index contributed by atoms with van der Waals surface area (Å²) in [7, 11) is 0. The zero-order valence-corrected chi connectivity index (χ0v) is 26.0. The van der Waals surface area contributed by atoms with Crippen LogP contribution in [0.4, 0.5) is 5.69 Å². The second-order valence-electron chi connectivity index (χ2n) is 12.0. The molecular formula is C42H25N5O2. The highest BCUT2D eigenvalue weighted by atomic mass is 16.6. The van der Waals surface area contributed by atoms with Gasteiger partial charge in [0.1, 0.15) is 0 Å². The Morgan fingerprint density at radius 3 is 1.12 bits per heavy atom. The summed E-state index contributed by atoms with van der Waals surface area (Å²) in [5.74, 6) is 0. The third kappa shape index (κ3) is 5.10. The van der Waals surface area contributed by atoms with Gasteiger partial charge < -0.3 is 0 Å². The van der Waals surface area contributed by atoms with Gasteiger partial charge in [0, 0.05) is 55.9 Å². The Hall–Kier alpha value is -6.86. The fourth-order valence-electron chi connectivity index (χ4n) is 6.38. The molecule has 230 valence electrons. The zero-order valence-electron chi connectivity index (χ0n) is 26.0. The van der Waals surface area contributed by atoms with Crippen molar-refractivity contribution in [3.63, 3.8) is 0 Å². The average Bonchev–Trinajstić information content (AvgIpc) is 3.17. The van der Waals surface area contributed by atoms with Crippen LogP contribution >= 0.6 is 0 Å². The number of rotatable bonds is 5. The molecule has 0 radical (unpaired) electrons. The van der Waals surface area contributed by atoms with Crippen molar-refractivity contribution in [1.29, 1.82) is 0 Å². The summed E-state index contributed by atoms with van der Waals surface area (Å²) in [6, 6.07) is 49.6. The number of nitro benzene ring substituents is 1. The maximum atomic E-state index is 11.2. The number of non-ortho nitro benzene ring substituents is 1. The molecule has 0 bridgehead atoms. The first kappa shape index (κ1) is 28.4. The van der Waals surface area contributed by atoms with E-state index in [1.165, 1.54) is 12.1 Å². The van der Waals surface area contributed by atoms with E-state index in [1.54, 1.807) is 12.1 Å². The molecule has 0 atom stereocenters. The molecule has 0 spiro atoms. The lowest BCUT2D eigenvalue weighted by Crippen LogP contribution is -1.93. The van der Waals surface area contributed by atoms with Crippen molar-refractivity contribution in [2.75, 3.05) is 0 Å². The molecular weight excluding hydrogens is 606 g/mol. The lowest BCUT2D eigenvalue weighted by atomic mass is 10.0. The van der Waals surface area contributed by atoms with E-state index in [0.717, 1.165) is 88.6 Å². The molecule has 7 nitrogen and oxygen atoms in total. The van der Waals surface area contributed by atoms with Gasteiger partial charge in [0.2, 0.25) is 0 Å². The minimum atomic E-state index is -0.400. The van der Waals surface area contributed by atoms with Gasteiger partial charge in [-0.3, -0.25) is 10.1 Å². The van der Waals surface area contributed by atoms with Crippen molar-refractivity contribution in [2.45, 2.75) is 0 Å². The van der Waals surface area contributed by atoms with E-state index in [-0.39, 0.29) is 5.69 Å². The van der Waals surface area contributed by atoms with E-state index < -0.39 is 4.92 Å². The van der Waals surface area contributed by atoms with Crippen LogP contribution in [0.2, 0.25) is 0 Å². The second kappa shape index (κ2) is 11.4. The van der Waals surface area contributed by atoms with Gasteiger partial charge in [-0.1, -0.05) is 97.1 Å². The number of hydrogen-bond acceptors (Lipinski definition) is 6. The number of aromatic nitrogens is 4. The summed E-state index contributed by atoms with van der Waals surface area (Å²) in [6.45, 7) is 0. The van der Waals surface area contributed by atoms with Gasteiger partial charge >= 0.3 is 0 Å². The van der Waals surface area contributed by atoms with Crippen molar-refractivity contribution >= 4 is 49.3 Å². The summed E-state index contributed by atoms with van der Waals surface area (Å²) in [5.41, 5.74) is 10.5. The maximum Gasteiger partial charge on any atom is 0.269 e. The van der Waals surface area contributed by atoms with Crippen LogP contribution in [0.25, 0.3) is 88.6 Å². The van der Waals surface area contributed by atoms with Gasteiger partial charge in [0.25, 0.3) is 5.69 Å². The summed E-state index contributed by atoms with van der Waals surface area (Å²) >= 11 is 0. The molecule has 0 aliphatic heterocycles. The molecule has 9 aromatic rings. The Bertz CT molecular complexity index is 2750. The number of nitrogens with zero attached hydrogens (tertiary/aromatic N) is 5. The third-order valence-electron chi connectivity index (χ3n) is 8.94. The van der Waals surface area contributed by atoms with E-state index in [0.29, 0.717) is 0 Å². The highest BCUT2D eigenvalue weighted by Crippen LogP contribution is 2.32.